The van der Waals surface area contributed by atoms with E-state index in [1.807, 2.05) is 24.3 Å². The van der Waals surface area contributed by atoms with E-state index in [1.165, 1.54) is 0 Å². The van der Waals surface area contributed by atoms with Gasteiger partial charge < -0.3 is 9.64 Å². The molecule has 0 saturated heterocycles. The van der Waals surface area contributed by atoms with E-state index in [-0.39, 0.29) is 5.91 Å². The number of methoxy groups -OCH3 is 1. The molecular weight excluding hydrogens is 278 g/mol. The molecule has 0 radical (unpaired) electrons. The molecule has 3 rings (SSSR count). The second-order valence-corrected chi connectivity index (χ2v) is 5.11. The zero-order chi connectivity index (χ0) is 15.5. The molecule has 2 aromatic rings. The Kier molecular flexibility index (Phi) is 3.84. The number of carbonyl (C=O) groups is 1. The molecular formula is C17H17N3O2. The highest BCUT2D eigenvalue weighted by atomic mass is 16.5. The number of aromatic nitrogens is 2. The number of rotatable bonds is 2. The van der Waals surface area contributed by atoms with Gasteiger partial charge in [0.05, 0.1) is 19.3 Å². The molecule has 0 saturated carbocycles. The summed E-state index contributed by atoms with van der Waals surface area (Å²) in [6, 6.07) is 7.77. The number of amides is 1. The van der Waals surface area contributed by atoms with Gasteiger partial charge in [0.2, 0.25) is 0 Å². The van der Waals surface area contributed by atoms with Crippen LogP contribution >= 0.6 is 0 Å². The van der Waals surface area contributed by atoms with Crippen molar-refractivity contribution >= 4 is 5.91 Å². The predicted octanol–water partition coefficient (Wildman–Crippen LogP) is 1.99. The minimum Gasteiger partial charge on any atom is -0.497 e. The number of H-pyrrole nitrogens is 1. The molecule has 112 valence electrons. The highest BCUT2D eigenvalue weighted by Gasteiger charge is 2.25. The Hall–Kier alpha value is -2.74. The van der Waals surface area contributed by atoms with E-state index >= 15 is 0 Å². The number of aromatic amines is 1. The Bertz CT molecular complexity index is 768. The molecule has 0 unspecified atom stereocenters. The maximum absolute atomic E-state index is 12.0. The van der Waals surface area contributed by atoms with Crippen LogP contribution < -0.4 is 4.74 Å². The van der Waals surface area contributed by atoms with E-state index in [2.05, 4.69) is 22.0 Å². The highest BCUT2D eigenvalue weighted by Crippen LogP contribution is 2.30. The standard InChI is InChI=1S/C17H17N3O2/c1-3-5-16(21)20-9-8-15-14(11-20)17(19-18-15)12-6-4-7-13(10-12)22-2/h4,6-7,10H,8-9,11H2,1-2H3,(H,18,19). The van der Waals surface area contributed by atoms with Crippen LogP contribution in [-0.2, 0) is 17.8 Å². The number of fused-ring (bicyclic) bond motifs is 1. The lowest BCUT2D eigenvalue weighted by Crippen LogP contribution is -2.35. The highest BCUT2D eigenvalue weighted by molar-refractivity contribution is 5.93. The summed E-state index contributed by atoms with van der Waals surface area (Å²) in [6.07, 6.45) is 0.767. The van der Waals surface area contributed by atoms with Crippen LogP contribution in [0.2, 0.25) is 0 Å². The van der Waals surface area contributed by atoms with Crippen LogP contribution in [0.1, 0.15) is 18.2 Å². The number of nitrogens with zero attached hydrogens (tertiary/aromatic N) is 2. The number of carbonyl (C=O) groups excluding carboxylic acids is 1. The van der Waals surface area contributed by atoms with Crippen molar-refractivity contribution in [2.75, 3.05) is 13.7 Å². The van der Waals surface area contributed by atoms with Crippen molar-refractivity contribution in [2.45, 2.75) is 19.9 Å². The van der Waals surface area contributed by atoms with E-state index < -0.39 is 0 Å². The first-order chi connectivity index (χ1) is 10.7. The van der Waals surface area contributed by atoms with Crippen molar-refractivity contribution in [3.63, 3.8) is 0 Å². The Labute approximate surface area is 129 Å². The fourth-order valence-corrected chi connectivity index (χ4v) is 2.66. The molecule has 1 aromatic heterocycles. The molecule has 1 aromatic carbocycles. The van der Waals surface area contributed by atoms with E-state index in [0.29, 0.717) is 13.1 Å². The summed E-state index contributed by atoms with van der Waals surface area (Å²) in [5, 5.41) is 7.52. The lowest BCUT2D eigenvalue weighted by atomic mass is 10.0. The minimum atomic E-state index is -0.133. The second-order valence-electron chi connectivity index (χ2n) is 5.11. The molecule has 22 heavy (non-hydrogen) atoms. The van der Waals surface area contributed by atoms with Gasteiger partial charge in [0.25, 0.3) is 5.91 Å². The number of ether oxygens (including phenoxy) is 1. The number of benzene rings is 1. The van der Waals surface area contributed by atoms with Gasteiger partial charge in [-0.25, -0.2) is 0 Å². The van der Waals surface area contributed by atoms with Gasteiger partial charge >= 0.3 is 0 Å². The van der Waals surface area contributed by atoms with Crippen LogP contribution in [0.25, 0.3) is 11.3 Å². The summed E-state index contributed by atoms with van der Waals surface area (Å²) in [6.45, 7) is 2.87. The van der Waals surface area contributed by atoms with E-state index in [0.717, 1.165) is 34.7 Å². The largest absolute Gasteiger partial charge is 0.497 e. The second kappa shape index (κ2) is 5.94. The molecule has 1 N–H and O–H groups in total. The molecule has 0 spiro atoms. The fourth-order valence-electron chi connectivity index (χ4n) is 2.66. The fraction of sp³-hybridized carbons (Fsp3) is 0.294. The van der Waals surface area contributed by atoms with Crippen molar-refractivity contribution < 1.29 is 9.53 Å². The summed E-state index contributed by atoms with van der Waals surface area (Å²) in [4.78, 5) is 13.7. The Morgan fingerprint density at radius 2 is 2.32 bits per heavy atom. The zero-order valence-electron chi connectivity index (χ0n) is 12.6. The van der Waals surface area contributed by atoms with Crippen molar-refractivity contribution in [3.8, 4) is 28.8 Å². The van der Waals surface area contributed by atoms with Crippen LogP contribution in [0, 0.1) is 11.8 Å². The van der Waals surface area contributed by atoms with Crippen LogP contribution in [0.4, 0.5) is 0 Å². The molecule has 2 heterocycles. The van der Waals surface area contributed by atoms with Gasteiger partial charge in [-0.2, -0.15) is 5.10 Å². The number of hydrogen-bond donors (Lipinski definition) is 1. The molecule has 1 aliphatic rings. The summed E-state index contributed by atoms with van der Waals surface area (Å²) in [5.41, 5.74) is 4.00. The SMILES string of the molecule is CC#CC(=O)N1CCc2[nH]nc(-c3cccc(OC)c3)c2C1. The van der Waals surface area contributed by atoms with E-state index in [4.69, 9.17) is 4.74 Å². The topological polar surface area (TPSA) is 58.2 Å². The maximum atomic E-state index is 12.0. The molecule has 5 nitrogen and oxygen atoms in total. The van der Waals surface area contributed by atoms with Crippen LogP contribution in [0.15, 0.2) is 24.3 Å². The Morgan fingerprint density at radius 1 is 1.45 bits per heavy atom. The summed E-state index contributed by atoms with van der Waals surface area (Å²) < 4.78 is 5.27. The molecule has 0 bridgehead atoms. The first kappa shape index (κ1) is 14.2. The third-order valence-corrected chi connectivity index (χ3v) is 3.80. The van der Waals surface area contributed by atoms with Gasteiger partial charge in [-0.1, -0.05) is 18.1 Å². The smallest absolute Gasteiger partial charge is 0.298 e. The number of nitrogens with one attached hydrogen (secondary N) is 1. The van der Waals surface area contributed by atoms with Gasteiger partial charge in [-0.15, -0.1) is 0 Å². The van der Waals surface area contributed by atoms with Crippen LogP contribution in [-0.4, -0.2) is 34.7 Å². The van der Waals surface area contributed by atoms with Crippen LogP contribution in [0.5, 0.6) is 5.75 Å². The maximum Gasteiger partial charge on any atom is 0.298 e. The lowest BCUT2D eigenvalue weighted by Gasteiger charge is -2.25. The van der Waals surface area contributed by atoms with Crippen LogP contribution in [0.3, 0.4) is 0 Å². The minimum absolute atomic E-state index is 0.133. The third kappa shape index (κ3) is 2.56. The summed E-state index contributed by atoms with van der Waals surface area (Å²) in [7, 11) is 1.64. The van der Waals surface area contributed by atoms with Crippen molar-refractivity contribution in [1.29, 1.82) is 0 Å². The van der Waals surface area contributed by atoms with Gasteiger partial charge in [-0.05, 0) is 25.0 Å². The first-order valence-electron chi connectivity index (χ1n) is 7.15. The summed E-state index contributed by atoms with van der Waals surface area (Å²) >= 11 is 0. The van der Waals surface area contributed by atoms with Gasteiger partial charge in [0.1, 0.15) is 5.75 Å². The molecule has 1 amide bonds. The van der Waals surface area contributed by atoms with E-state index in [1.54, 1.807) is 18.9 Å². The predicted molar refractivity (Wildman–Crippen MR) is 83.1 cm³/mol. The van der Waals surface area contributed by atoms with Gasteiger partial charge in [0, 0.05) is 29.8 Å². The van der Waals surface area contributed by atoms with Crippen molar-refractivity contribution in [3.05, 3.63) is 35.5 Å². The number of hydrogen-bond acceptors (Lipinski definition) is 3. The molecule has 0 fully saturated rings. The quantitative estimate of drug-likeness (QED) is 0.862. The van der Waals surface area contributed by atoms with E-state index in [9.17, 15) is 4.79 Å². The van der Waals surface area contributed by atoms with Gasteiger partial charge in [0.15, 0.2) is 0 Å². The molecule has 1 aliphatic heterocycles. The summed E-state index contributed by atoms with van der Waals surface area (Å²) in [5.74, 6) is 5.92. The average Bonchev–Trinajstić information content (AvgIpc) is 2.98. The van der Waals surface area contributed by atoms with Crippen molar-refractivity contribution in [2.24, 2.45) is 0 Å². The molecule has 0 atom stereocenters. The zero-order valence-corrected chi connectivity index (χ0v) is 12.6. The average molecular weight is 295 g/mol. The Balaban J connectivity index is 1.94. The molecule has 0 aliphatic carbocycles. The first-order valence-corrected chi connectivity index (χ1v) is 7.15. The normalized spacial score (nSPS) is 13.1. The Morgan fingerprint density at radius 3 is 3.09 bits per heavy atom. The molecule has 5 heteroatoms. The third-order valence-electron chi connectivity index (χ3n) is 3.80. The monoisotopic (exact) mass is 295 g/mol. The lowest BCUT2D eigenvalue weighted by molar-refractivity contribution is -0.125. The van der Waals surface area contributed by atoms with Gasteiger partial charge in [-0.3, -0.25) is 9.89 Å². The van der Waals surface area contributed by atoms with Crippen molar-refractivity contribution in [1.82, 2.24) is 15.1 Å².